The van der Waals surface area contributed by atoms with E-state index in [-0.39, 0.29) is 0 Å². The van der Waals surface area contributed by atoms with Gasteiger partial charge in [-0.2, -0.15) is 9.78 Å². The van der Waals surface area contributed by atoms with Gasteiger partial charge in [0.25, 0.3) is 0 Å². The minimum absolute atomic E-state index is 0.382. The lowest BCUT2D eigenvalue weighted by Crippen LogP contribution is -2.29. The quantitative estimate of drug-likeness (QED) is 0.327. The van der Waals surface area contributed by atoms with E-state index >= 15 is 0 Å². The van der Waals surface area contributed by atoms with E-state index < -0.39 is 12.1 Å². The van der Waals surface area contributed by atoms with Gasteiger partial charge in [0.2, 0.25) is 5.88 Å². The lowest BCUT2D eigenvalue weighted by molar-refractivity contribution is -0.142. The van der Waals surface area contributed by atoms with Gasteiger partial charge in [0.1, 0.15) is 5.75 Å². The highest BCUT2D eigenvalue weighted by Gasteiger charge is 2.25. The highest BCUT2D eigenvalue weighted by Crippen LogP contribution is 2.39. The Balaban J connectivity index is 1.66. The van der Waals surface area contributed by atoms with Crippen LogP contribution in [0.25, 0.3) is 5.69 Å². The van der Waals surface area contributed by atoms with Gasteiger partial charge in [-0.25, -0.2) is 4.79 Å². The number of carbonyl (C=O) groups excluding carboxylic acids is 1. The van der Waals surface area contributed by atoms with Crippen LogP contribution < -0.4 is 9.47 Å². The van der Waals surface area contributed by atoms with Gasteiger partial charge >= 0.3 is 5.97 Å². The molecule has 0 saturated heterocycles. The van der Waals surface area contributed by atoms with Crippen LogP contribution in [0.5, 0.6) is 11.6 Å². The number of aryl methyl sites for hydroxylation is 2. The third-order valence-electron chi connectivity index (χ3n) is 4.79. The normalized spacial score (nSPS) is 11.7. The molecule has 1 heterocycles. The summed E-state index contributed by atoms with van der Waals surface area (Å²) >= 11 is 1.52. The summed E-state index contributed by atoms with van der Waals surface area (Å²) in [4.78, 5) is 14.8. The first-order valence-electron chi connectivity index (χ1n) is 10.3. The summed E-state index contributed by atoms with van der Waals surface area (Å²) in [6.45, 7) is 5.64. The fourth-order valence-corrected chi connectivity index (χ4v) is 4.01. The number of nitrogens with zero attached hydrogens (tertiary/aromatic N) is 2. The van der Waals surface area contributed by atoms with Crippen LogP contribution in [0, 0.1) is 13.8 Å². The summed E-state index contributed by atoms with van der Waals surface area (Å²) in [6.07, 6.45) is -0.783. The molecular formula is C26H24N2O3S. The van der Waals surface area contributed by atoms with Crippen molar-refractivity contribution >= 4 is 17.7 Å². The molecule has 5 nitrogen and oxygen atoms in total. The molecule has 0 aliphatic rings. The number of para-hydroxylation sites is 2. The molecule has 1 aromatic heterocycles. The van der Waals surface area contributed by atoms with Gasteiger partial charge in [0, 0.05) is 4.90 Å². The van der Waals surface area contributed by atoms with Crippen LogP contribution in [-0.2, 0) is 4.79 Å². The molecule has 0 spiro atoms. The van der Waals surface area contributed by atoms with E-state index in [0.29, 0.717) is 11.6 Å². The number of hydrogen-bond acceptors (Lipinski definition) is 5. The Hall–Kier alpha value is -3.51. The van der Waals surface area contributed by atoms with E-state index in [1.165, 1.54) is 17.3 Å². The van der Waals surface area contributed by atoms with Crippen LogP contribution >= 0.6 is 11.8 Å². The number of rotatable bonds is 7. The first kappa shape index (κ1) is 21.7. The first-order chi connectivity index (χ1) is 15.5. The molecule has 1 unspecified atom stereocenters. The van der Waals surface area contributed by atoms with E-state index in [4.69, 9.17) is 9.47 Å². The van der Waals surface area contributed by atoms with Crippen LogP contribution in [-0.4, -0.2) is 21.9 Å². The third-order valence-corrected chi connectivity index (χ3v) is 5.97. The average Bonchev–Trinajstić information content (AvgIpc) is 3.11. The fraction of sp³-hybridized carbons (Fsp3) is 0.154. The minimum atomic E-state index is -0.783. The topological polar surface area (TPSA) is 53.4 Å². The average molecular weight is 445 g/mol. The molecule has 1 atom stereocenters. The van der Waals surface area contributed by atoms with E-state index in [1.807, 2.05) is 67.6 Å². The predicted octanol–water partition coefficient (Wildman–Crippen LogP) is 6.01. The molecule has 3 aromatic carbocycles. The molecule has 0 bridgehead atoms. The summed E-state index contributed by atoms with van der Waals surface area (Å²) in [6, 6.07) is 27.1. The molecule has 6 heteroatoms. The lowest BCUT2D eigenvalue weighted by Gasteiger charge is -2.15. The standard InChI is InChI=1S/C26H24N2O3S/c1-18-14-16-23(17-15-18)32-24-19(2)27-28(21-10-6-4-7-11-21)25(24)31-26(29)20(3)30-22-12-8-5-9-13-22/h4-17,20H,1-3H3. The van der Waals surface area contributed by atoms with Crippen LogP contribution in [0.3, 0.4) is 0 Å². The second-order valence-corrected chi connectivity index (χ2v) is 8.46. The molecule has 4 aromatic rings. The zero-order valence-electron chi connectivity index (χ0n) is 18.2. The Bertz CT molecular complexity index is 1190. The van der Waals surface area contributed by atoms with Crippen LogP contribution in [0.15, 0.2) is 94.7 Å². The second kappa shape index (κ2) is 9.75. The van der Waals surface area contributed by atoms with Crippen LogP contribution in [0.1, 0.15) is 18.2 Å². The van der Waals surface area contributed by atoms with Crippen molar-refractivity contribution in [3.8, 4) is 17.3 Å². The van der Waals surface area contributed by atoms with Crippen LogP contribution in [0.2, 0.25) is 0 Å². The van der Waals surface area contributed by atoms with E-state index in [0.717, 1.165) is 21.2 Å². The number of aromatic nitrogens is 2. The Kier molecular flexibility index (Phi) is 6.61. The Morgan fingerprint density at radius 3 is 2.19 bits per heavy atom. The van der Waals surface area contributed by atoms with Gasteiger partial charge in [-0.3, -0.25) is 0 Å². The molecule has 0 saturated carbocycles. The van der Waals surface area contributed by atoms with Crippen molar-refractivity contribution in [1.82, 2.24) is 9.78 Å². The Labute approximate surface area is 192 Å². The molecule has 0 amide bonds. The molecule has 0 fully saturated rings. The number of benzene rings is 3. The maximum Gasteiger partial charge on any atom is 0.353 e. The number of esters is 1. The van der Waals surface area contributed by atoms with Crippen molar-refractivity contribution in [2.75, 3.05) is 0 Å². The summed E-state index contributed by atoms with van der Waals surface area (Å²) in [5.41, 5.74) is 2.77. The number of carbonyl (C=O) groups is 1. The van der Waals surface area contributed by atoms with Crippen molar-refractivity contribution in [1.29, 1.82) is 0 Å². The molecular weight excluding hydrogens is 420 g/mol. The largest absolute Gasteiger partial charge is 0.479 e. The van der Waals surface area contributed by atoms with Crippen molar-refractivity contribution < 1.29 is 14.3 Å². The molecule has 0 N–H and O–H groups in total. The molecule has 0 aliphatic carbocycles. The highest BCUT2D eigenvalue weighted by molar-refractivity contribution is 7.99. The van der Waals surface area contributed by atoms with Gasteiger partial charge in [0.15, 0.2) is 6.10 Å². The van der Waals surface area contributed by atoms with E-state index in [2.05, 4.69) is 24.2 Å². The van der Waals surface area contributed by atoms with Gasteiger partial charge in [0.05, 0.1) is 16.3 Å². The summed E-state index contributed by atoms with van der Waals surface area (Å²) in [5, 5.41) is 4.67. The molecule has 162 valence electrons. The fourth-order valence-electron chi connectivity index (χ4n) is 3.10. The minimum Gasteiger partial charge on any atom is -0.479 e. The SMILES string of the molecule is Cc1ccc(Sc2c(C)nn(-c3ccccc3)c2OC(=O)C(C)Oc2ccccc2)cc1. The molecule has 32 heavy (non-hydrogen) atoms. The Morgan fingerprint density at radius 1 is 0.906 bits per heavy atom. The van der Waals surface area contributed by atoms with Gasteiger partial charge in [-0.1, -0.05) is 65.9 Å². The van der Waals surface area contributed by atoms with Crippen molar-refractivity contribution in [2.45, 2.75) is 36.7 Å². The lowest BCUT2D eigenvalue weighted by atomic mass is 10.2. The zero-order chi connectivity index (χ0) is 22.5. The van der Waals surface area contributed by atoms with Gasteiger partial charge in [-0.05, 0) is 57.2 Å². The van der Waals surface area contributed by atoms with Crippen molar-refractivity contribution in [2.24, 2.45) is 0 Å². The molecule has 0 radical (unpaired) electrons. The van der Waals surface area contributed by atoms with Gasteiger partial charge in [-0.15, -0.1) is 0 Å². The van der Waals surface area contributed by atoms with E-state index in [1.54, 1.807) is 23.7 Å². The predicted molar refractivity (Wildman–Crippen MR) is 126 cm³/mol. The number of hydrogen-bond donors (Lipinski definition) is 0. The van der Waals surface area contributed by atoms with Crippen LogP contribution in [0.4, 0.5) is 0 Å². The van der Waals surface area contributed by atoms with Crippen molar-refractivity contribution in [3.05, 3.63) is 96.2 Å². The maximum atomic E-state index is 13.0. The third kappa shape index (κ3) is 5.03. The zero-order valence-corrected chi connectivity index (χ0v) is 19.0. The maximum absolute atomic E-state index is 13.0. The van der Waals surface area contributed by atoms with Crippen molar-refractivity contribution in [3.63, 3.8) is 0 Å². The molecule has 4 rings (SSSR count). The smallest absolute Gasteiger partial charge is 0.353 e. The Morgan fingerprint density at radius 2 is 1.53 bits per heavy atom. The summed E-state index contributed by atoms with van der Waals surface area (Å²) in [5.74, 6) is 0.503. The first-order valence-corrected chi connectivity index (χ1v) is 11.2. The second-order valence-electron chi connectivity index (χ2n) is 7.38. The number of ether oxygens (including phenoxy) is 2. The van der Waals surface area contributed by atoms with E-state index in [9.17, 15) is 4.79 Å². The van der Waals surface area contributed by atoms with Gasteiger partial charge < -0.3 is 9.47 Å². The summed E-state index contributed by atoms with van der Waals surface area (Å²) < 4.78 is 13.3. The monoisotopic (exact) mass is 444 g/mol. The molecule has 0 aliphatic heterocycles. The summed E-state index contributed by atoms with van der Waals surface area (Å²) in [7, 11) is 0. The highest BCUT2D eigenvalue weighted by atomic mass is 32.2.